The summed E-state index contributed by atoms with van der Waals surface area (Å²) in [5, 5.41) is 12.8. The van der Waals surface area contributed by atoms with Crippen molar-refractivity contribution in [1.29, 1.82) is 0 Å². The first-order valence-corrected chi connectivity index (χ1v) is 26.2. The number of hydrogen-bond acceptors (Lipinski definition) is 3. The average molecular weight is 1180 g/mol. The van der Waals surface area contributed by atoms with E-state index in [1.54, 1.807) is 0 Å². The van der Waals surface area contributed by atoms with Gasteiger partial charge in [-0.15, -0.1) is 29.3 Å². The average Bonchev–Trinajstić information content (AvgIpc) is 4.09. The maximum absolute atomic E-state index is 12.8. The van der Waals surface area contributed by atoms with Gasteiger partial charge in [0.2, 0.25) is 0 Å². The first-order valence-electron chi connectivity index (χ1n) is 27.7. The minimum absolute atomic E-state index is 0. The fourth-order valence-electron chi connectivity index (χ4n) is 10.1. The Kier molecular flexibility index (Phi) is 13.4. The van der Waals surface area contributed by atoms with Gasteiger partial charge in [0.05, 0.1) is 22.3 Å². The van der Waals surface area contributed by atoms with Crippen molar-refractivity contribution in [2.24, 2.45) is 0 Å². The van der Waals surface area contributed by atoms with E-state index in [4.69, 9.17) is 14.1 Å². The molecule has 5 heteroatoms. The number of fused-ring (bicyclic) bond motifs is 1. The minimum Gasteiger partial charge on any atom is -0.507 e. The monoisotopic (exact) mass is 1180 g/mol. The first kappa shape index (κ1) is 49.7. The smallest absolute Gasteiger partial charge is 0.148 e. The molecule has 386 valence electrons. The number of phenols is 1. The largest absolute Gasteiger partial charge is 0.507 e. The maximum atomic E-state index is 12.8. The number of phenolic OH excluding ortho intramolecular Hbond substituents is 1. The van der Waals surface area contributed by atoms with Crippen molar-refractivity contribution < 1.29 is 30.3 Å². The number of hydrogen-bond donors (Lipinski definition) is 1. The molecule has 0 amide bonds. The molecule has 1 N–H and O–H groups in total. The molecule has 4 nitrogen and oxygen atoms in total. The number of benzene rings is 8. The van der Waals surface area contributed by atoms with Crippen LogP contribution in [0, 0.1) is 12.9 Å². The molecule has 0 radical (unpaired) electrons. The Morgan fingerprint density at radius 1 is 0.461 bits per heavy atom. The van der Waals surface area contributed by atoms with Crippen LogP contribution in [-0.4, -0.2) is 19.6 Å². The molecule has 0 bridgehead atoms. The van der Waals surface area contributed by atoms with Crippen molar-refractivity contribution in [2.45, 2.75) is 112 Å². The van der Waals surface area contributed by atoms with Gasteiger partial charge in [-0.25, -0.2) is 4.98 Å². The van der Waals surface area contributed by atoms with Gasteiger partial charge in [0.1, 0.15) is 11.6 Å². The molecule has 0 atom stereocenters. The summed E-state index contributed by atoms with van der Waals surface area (Å²) < 4.78 is 29.2. The minimum atomic E-state index is -2.45. The van der Waals surface area contributed by atoms with Gasteiger partial charge in [0.25, 0.3) is 0 Å². The van der Waals surface area contributed by atoms with E-state index in [2.05, 4.69) is 221 Å². The van der Waals surface area contributed by atoms with Crippen LogP contribution < -0.4 is 0 Å². The van der Waals surface area contributed by atoms with Crippen molar-refractivity contribution in [3.05, 3.63) is 216 Å². The number of nitrogens with zero attached hydrogens (tertiary/aromatic N) is 3. The summed E-state index contributed by atoms with van der Waals surface area (Å²) in [6.07, 6.45) is 1.88. The number of para-hydroxylation sites is 1. The Hall–Kier alpha value is -7.13. The summed E-state index contributed by atoms with van der Waals surface area (Å²) >= 11 is 0. The molecule has 2 aromatic heterocycles. The quantitative estimate of drug-likeness (QED) is 0.154. The molecule has 0 saturated carbocycles. The number of pyridine rings is 1. The topological polar surface area (TPSA) is 50.9 Å². The summed E-state index contributed by atoms with van der Waals surface area (Å²) in [6, 6.07) is 64.2. The molecule has 2 heterocycles. The second-order valence-corrected chi connectivity index (χ2v) is 24.3. The second kappa shape index (κ2) is 20.4. The summed E-state index contributed by atoms with van der Waals surface area (Å²) in [7, 11) is 0. The van der Waals surface area contributed by atoms with E-state index >= 15 is 0 Å². The van der Waals surface area contributed by atoms with E-state index in [9.17, 15) is 5.11 Å². The van der Waals surface area contributed by atoms with Crippen molar-refractivity contribution in [1.82, 2.24) is 14.5 Å². The molecule has 10 aromatic rings. The Morgan fingerprint density at radius 2 is 1.01 bits per heavy atom. The van der Waals surface area contributed by atoms with Crippen LogP contribution in [0.3, 0.4) is 0 Å². The second-order valence-electron chi connectivity index (χ2n) is 24.3. The van der Waals surface area contributed by atoms with Gasteiger partial charge in [-0.3, -0.25) is 9.55 Å². The van der Waals surface area contributed by atoms with E-state index in [0.717, 1.165) is 89.2 Å². The normalized spacial score (nSPS) is 13.0. The van der Waals surface area contributed by atoms with Gasteiger partial charge in [-0.05, 0) is 114 Å². The Bertz CT molecular complexity index is 3850. The van der Waals surface area contributed by atoms with Crippen molar-refractivity contribution in [2.75, 3.05) is 0 Å². The van der Waals surface area contributed by atoms with Gasteiger partial charge in [0.15, 0.2) is 0 Å². The molecule has 76 heavy (non-hydrogen) atoms. The summed E-state index contributed by atoms with van der Waals surface area (Å²) in [5.74, 6) is 0.677. The molecular weight excluding hydrogens is 1110 g/mol. The zero-order chi connectivity index (χ0) is 55.7. The number of aromatic hydroxyl groups is 1. The van der Waals surface area contributed by atoms with Crippen molar-refractivity contribution >= 4 is 11.0 Å². The summed E-state index contributed by atoms with van der Waals surface area (Å²) in [4.78, 5) is 10.7. The Labute approximate surface area is 470 Å². The van der Waals surface area contributed by atoms with Crippen LogP contribution in [-0.2, 0) is 42.7 Å². The maximum Gasteiger partial charge on any atom is 0.148 e. The third-order valence-corrected chi connectivity index (χ3v) is 14.6. The predicted octanol–water partition coefficient (Wildman–Crippen LogP) is 19.1. The number of rotatable bonds is 8. The van der Waals surface area contributed by atoms with Crippen LogP contribution in [0.25, 0.3) is 95.0 Å². The molecule has 8 aromatic carbocycles. The third kappa shape index (κ3) is 10.7. The van der Waals surface area contributed by atoms with Gasteiger partial charge in [0, 0.05) is 48.2 Å². The summed E-state index contributed by atoms with van der Waals surface area (Å²) in [5.41, 5.74) is 16.9. The van der Waals surface area contributed by atoms with E-state index in [0.29, 0.717) is 22.5 Å². The number of aryl methyl sites for hydroxylation is 1. The SMILES string of the molecule is [2H]C([2H])([2H])c1cc(-c2ccc(C(C)(C)C)cc2)c(-n2c(-c3cc(C(C)(C)C)cc(C(C)(C)C)c3O)nc3c(-c4[c-]c(-c5cc(-c6ccc(-c7ccccc7)cc6)ccn5)cc(C(C)(C)C)c4)cccc32)cc1-c1ccccc1.[Pt]. The van der Waals surface area contributed by atoms with Gasteiger partial charge in [-0.1, -0.05) is 228 Å². The number of aromatic nitrogens is 3. The third-order valence-electron chi connectivity index (χ3n) is 14.6. The van der Waals surface area contributed by atoms with E-state index in [1.807, 2.05) is 54.7 Å². The summed E-state index contributed by atoms with van der Waals surface area (Å²) in [6.45, 7) is 23.7. The van der Waals surface area contributed by atoms with Gasteiger partial charge >= 0.3 is 0 Å². The van der Waals surface area contributed by atoms with Crippen molar-refractivity contribution in [3.63, 3.8) is 0 Å². The predicted molar refractivity (Wildman–Crippen MR) is 317 cm³/mol. The molecule has 0 unspecified atom stereocenters. The molecule has 0 fully saturated rings. The van der Waals surface area contributed by atoms with Crippen LogP contribution in [0.1, 0.15) is 115 Å². The van der Waals surface area contributed by atoms with E-state index in [1.165, 1.54) is 5.56 Å². The fourth-order valence-corrected chi connectivity index (χ4v) is 10.1. The van der Waals surface area contributed by atoms with Crippen LogP contribution in [0.15, 0.2) is 182 Å². The molecule has 0 aliphatic carbocycles. The zero-order valence-electron chi connectivity index (χ0n) is 48.9. The fraction of sp³-hybridized carbons (Fsp3) is 0.239. The Balaban J connectivity index is 0.00000757. The molecular formula is C71H70N3OPt-. The van der Waals surface area contributed by atoms with E-state index in [-0.39, 0.29) is 48.6 Å². The molecule has 0 aliphatic heterocycles. The van der Waals surface area contributed by atoms with Crippen LogP contribution in [0.4, 0.5) is 0 Å². The molecule has 10 rings (SSSR count). The van der Waals surface area contributed by atoms with Crippen LogP contribution >= 0.6 is 0 Å². The van der Waals surface area contributed by atoms with Gasteiger partial charge in [-0.2, -0.15) is 0 Å². The molecule has 0 spiro atoms. The van der Waals surface area contributed by atoms with Crippen LogP contribution in [0.2, 0.25) is 0 Å². The van der Waals surface area contributed by atoms with Crippen molar-refractivity contribution in [3.8, 4) is 89.7 Å². The Morgan fingerprint density at radius 3 is 1.62 bits per heavy atom. The molecule has 0 saturated heterocycles. The number of imidazole rings is 1. The molecule has 0 aliphatic rings. The standard InChI is InChI=1S/C71H70N3O.Pt/c1-45-37-59(50-31-33-54(34-32-50)68(2,3)4)64(44-58(45)49-23-18-15-19-24-49)74-63-26-20-25-57(65(63)73-67(74)60-42-56(70(8,9)10)43-61(66(60)75)71(11,12)13)52-38-53(40-55(39-52)69(5,6)7)62-41-51(35-36-72-62)48-29-27-47(28-30-48)46-21-16-14-17-22-46;/h14-37,39-44,75H,1-13H3;/q-1;/i1D3;. The first-order chi connectivity index (χ1) is 36.7. The van der Waals surface area contributed by atoms with E-state index < -0.39 is 12.3 Å². The zero-order valence-corrected chi connectivity index (χ0v) is 48.2. The van der Waals surface area contributed by atoms with Crippen LogP contribution in [0.5, 0.6) is 5.75 Å². The van der Waals surface area contributed by atoms with Gasteiger partial charge < -0.3 is 5.11 Å².